The molecule has 2 aliphatic rings. The maximum Gasteiger partial charge on any atom is 0.0679 e. The first kappa shape index (κ1) is 10.4. The quantitative estimate of drug-likeness (QED) is 0.697. The third-order valence-electron chi connectivity index (χ3n) is 3.80. The molecule has 3 atom stereocenters. The van der Waals surface area contributed by atoms with Gasteiger partial charge in [0.05, 0.1) is 6.10 Å². The van der Waals surface area contributed by atoms with Crippen LogP contribution in [0.2, 0.25) is 0 Å². The molecule has 1 aliphatic heterocycles. The molecule has 1 aliphatic carbocycles. The Kier molecular flexibility index (Phi) is 3.42. The Labute approximate surface area is 86.3 Å². The molecule has 0 aromatic heterocycles. The van der Waals surface area contributed by atoms with Crippen molar-refractivity contribution in [2.24, 2.45) is 11.7 Å². The van der Waals surface area contributed by atoms with Crippen molar-refractivity contribution in [3.05, 3.63) is 0 Å². The van der Waals surface area contributed by atoms with E-state index in [-0.39, 0.29) is 6.10 Å². The van der Waals surface area contributed by atoms with E-state index in [1.165, 1.54) is 25.7 Å². The van der Waals surface area contributed by atoms with E-state index in [2.05, 4.69) is 4.90 Å². The Bertz CT molecular complexity index is 186. The molecule has 3 heteroatoms. The molecule has 0 bridgehead atoms. The van der Waals surface area contributed by atoms with Gasteiger partial charge in [0, 0.05) is 19.1 Å². The minimum atomic E-state index is -0.0661. The van der Waals surface area contributed by atoms with Gasteiger partial charge in [-0.3, -0.25) is 4.90 Å². The zero-order valence-electron chi connectivity index (χ0n) is 8.86. The van der Waals surface area contributed by atoms with Gasteiger partial charge >= 0.3 is 0 Å². The molecule has 0 aromatic carbocycles. The molecule has 0 spiro atoms. The minimum Gasteiger partial charge on any atom is -0.392 e. The van der Waals surface area contributed by atoms with Gasteiger partial charge in [-0.25, -0.2) is 0 Å². The number of rotatable bonds is 3. The first-order valence-corrected chi connectivity index (χ1v) is 5.91. The van der Waals surface area contributed by atoms with Crippen LogP contribution < -0.4 is 5.73 Å². The van der Waals surface area contributed by atoms with Crippen LogP contribution in [0.1, 0.15) is 32.1 Å². The molecule has 3 unspecified atom stereocenters. The molecular weight excluding hydrogens is 176 g/mol. The highest BCUT2D eigenvalue weighted by molar-refractivity contribution is 4.87. The summed E-state index contributed by atoms with van der Waals surface area (Å²) in [5.41, 5.74) is 5.58. The number of likely N-dealkylation sites (tertiary alicyclic amines) is 1. The number of hydrogen-bond donors (Lipinski definition) is 2. The summed E-state index contributed by atoms with van der Waals surface area (Å²) < 4.78 is 0. The molecule has 1 heterocycles. The van der Waals surface area contributed by atoms with Crippen LogP contribution in [0.15, 0.2) is 0 Å². The van der Waals surface area contributed by atoms with Crippen LogP contribution in [0.25, 0.3) is 0 Å². The molecule has 0 aromatic rings. The fourth-order valence-corrected chi connectivity index (χ4v) is 2.98. The molecule has 2 fully saturated rings. The van der Waals surface area contributed by atoms with Crippen LogP contribution in [0, 0.1) is 5.92 Å². The van der Waals surface area contributed by atoms with Crippen molar-refractivity contribution in [2.75, 3.05) is 19.6 Å². The van der Waals surface area contributed by atoms with Gasteiger partial charge < -0.3 is 10.8 Å². The van der Waals surface area contributed by atoms with E-state index in [0.29, 0.717) is 0 Å². The Morgan fingerprint density at radius 2 is 2.14 bits per heavy atom. The molecule has 0 amide bonds. The molecule has 3 N–H and O–H groups in total. The van der Waals surface area contributed by atoms with Crippen molar-refractivity contribution >= 4 is 0 Å². The van der Waals surface area contributed by atoms with Gasteiger partial charge in [-0.05, 0) is 44.6 Å². The Morgan fingerprint density at radius 1 is 1.29 bits per heavy atom. The lowest BCUT2D eigenvalue weighted by molar-refractivity contribution is 0.158. The SMILES string of the molecule is NCCC1CCC(N2CCC(O)C2)C1. The van der Waals surface area contributed by atoms with E-state index < -0.39 is 0 Å². The van der Waals surface area contributed by atoms with E-state index in [4.69, 9.17) is 5.73 Å². The van der Waals surface area contributed by atoms with Crippen molar-refractivity contribution in [3.63, 3.8) is 0 Å². The third-order valence-corrected chi connectivity index (χ3v) is 3.80. The first-order chi connectivity index (χ1) is 6.79. The molecule has 3 nitrogen and oxygen atoms in total. The van der Waals surface area contributed by atoms with Gasteiger partial charge in [0.1, 0.15) is 0 Å². The molecule has 0 radical (unpaired) electrons. The number of hydrogen-bond acceptors (Lipinski definition) is 3. The molecule has 14 heavy (non-hydrogen) atoms. The zero-order valence-corrected chi connectivity index (χ0v) is 8.86. The lowest BCUT2D eigenvalue weighted by Crippen LogP contribution is -2.32. The van der Waals surface area contributed by atoms with E-state index in [9.17, 15) is 5.11 Å². The number of nitrogens with two attached hydrogens (primary N) is 1. The second-order valence-electron chi connectivity index (χ2n) is 4.85. The highest BCUT2D eigenvalue weighted by Crippen LogP contribution is 2.32. The van der Waals surface area contributed by atoms with Crippen molar-refractivity contribution in [1.82, 2.24) is 4.90 Å². The van der Waals surface area contributed by atoms with Crippen LogP contribution in [0.4, 0.5) is 0 Å². The van der Waals surface area contributed by atoms with E-state index in [1.54, 1.807) is 0 Å². The van der Waals surface area contributed by atoms with Crippen LogP contribution in [-0.2, 0) is 0 Å². The Morgan fingerprint density at radius 3 is 2.79 bits per heavy atom. The summed E-state index contributed by atoms with van der Waals surface area (Å²) in [6.45, 7) is 2.83. The van der Waals surface area contributed by atoms with Crippen LogP contribution in [0.3, 0.4) is 0 Å². The Hall–Kier alpha value is -0.120. The average Bonchev–Trinajstić information content (AvgIpc) is 2.74. The van der Waals surface area contributed by atoms with Crippen molar-refractivity contribution in [3.8, 4) is 0 Å². The molecular formula is C11H22N2O. The van der Waals surface area contributed by atoms with Crippen molar-refractivity contribution < 1.29 is 5.11 Å². The average molecular weight is 198 g/mol. The minimum absolute atomic E-state index is 0.0661. The third kappa shape index (κ3) is 2.27. The van der Waals surface area contributed by atoms with E-state index >= 15 is 0 Å². The van der Waals surface area contributed by atoms with Gasteiger partial charge in [0.25, 0.3) is 0 Å². The predicted octanol–water partition coefficient (Wildman–Crippen LogP) is 0.570. The summed E-state index contributed by atoms with van der Waals surface area (Å²) in [6.07, 6.45) is 6.06. The number of aliphatic hydroxyl groups is 1. The second kappa shape index (κ2) is 4.60. The number of aliphatic hydroxyl groups excluding tert-OH is 1. The van der Waals surface area contributed by atoms with Crippen molar-refractivity contribution in [2.45, 2.75) is 44.2 Å². The van der Waals surface area contributed by atoms with Crippen molar-refractivity contribution in [1.29, 1.82) is 0 Å². The second-order valence-corrected chi connectivity index (χ2v) is 4.85. The van der Waals surface area contributed by atoms with Crippen LogP contribution >= 0.6 is 0 Å². The summed E-state index contributed by atoms with van der Waals surface area (Å²) in [6, 6.07) is 0.740. The van der Waals surface area contributed by atoms with Gasteiger partial charge in [-0.15, -0.1) is 0 Å². The Balaban J connectivity index is 1.78. The summed E-state index contributed by atoms with van der Waals surface area (Å²) in [5, 5.41) is 9.47. The smallest absolute Gasteiger partial charge is 0.0679 e. The van der Waals surface area contributed by atoms with Gasteiger partial charge in [0.2, 0.25) is 0 Å². The largest absolute Gasteiger partial charge is 0.392 e. The maximum atomic E-state index is 9.47. The lowest BCUT2D eigenvalue weighted by atomic mass is 10.0. The molecule has 2 rings (SSSR count). The normalized spacial score (nSPS) is 39.4. The summed E-state index contributed by atoms with van der Waals surface area (Å²) in [5.74, 6) is 0.850. The zero-order chi connectivity index (χ0) is 9.97. The van der Waals surface area contributed by atoms with Crippen LogP contribution in [0.5, 0.6) is 0 Å². The van der Waals surface area contributed by atoms with Crippen LogP contribution in [-0.4, -0.2) is 41.8 Å². The van der Waals surface area contributed by atoms with Gasteiger partial charge in [-0.1, -0.05) is 0 Å². The van der Waals surface area contributed by atoms with E-state index in [1.807, 2.05) is 0 Å². The number of β-amino-alcohol motifs (C(OH)–C–C–N with tert-alkyl or cyclic N) is 1. The highest BCUT2D eigenvalue weighted by Gasteiger charge is 2.32. The summed E-state index contributed by atoms with van der Waals surface area (Å²) >= 11 is 0. The van der Waals surface area contributed by atoms with E-state index in [0.717, 1.165) is 38.0 Å². The standard InChI is InChI=1S/C11H22N2O/c12-5-3-9-1-2-10(7-9)13-6-4-11(14)8-13/h9-11,14H,1-8,12H2. The fraction of sp³-hybridized carbons (Fsp3) is 1.00. The van der Waals surface area contributed by atoms with Gasteiger partial charge in [0.15, 0.2) is 0 Å². The summed E-state index contributed by atoms with van der Waals surface area (Å²) in [4.78, 5) is 2.47. The topological polar surface area (TPSA) is 49.5 Å². The molecule has 1 saturated heterocycles. The monoisotopic (exact) mass is 198 g/mol. The highest BCUT2D eigenvalue weighted by atomic mass is 16.3. The molecule has 1 saturated carbocycles. The van der Waals surface area contributed by atoms with Gasteiger partial charge in [-0.2, -0.15) is 0 Å². The first-order valence-electron chi connectivity index (χ1n) is 5.91. The molecule has 82 valence electrons. The lowest BCUT2D eigenvalue weighted by Gasteiger charge is -2.23. The maximum absolute atomic E-state index is 9.47. The fourth-order valence-electron chi connectivity index (χ4n) is 2.98. The number of nitrogens with zero attached hydrogens (tertiary/aromatic N) is 1. The predicted molar refractivity (Wildman–Crippen MR) is 57.0 cm³/mol. The summed E-state index contributed by atoms with van der Waals surface area (Å²) in [7, 11) is 0.